The molecule has 15 heteroatoms. The van der Waals surface area contributed by atoms with Crippen LogP contribution in [0.15, 0.2) is 15.8 Å². The first-order valence-corrected chi connectivity index (χ1v) is 10.7. The summed E-state index contributed by atoms with van der Waals surface area (Å²) in [6.45, 7) is 2.12. The number of methoxy groups -OCH3 is 1. The molecule has 1 saturated heterocycles. The minimum atomic E-state index is -5.00. The van der Waals surface area contributed by atoms with Crippen molar-refractivity contribution in [2.45, 2.75) is 44.0 Å². The van der Waals surface area contributed by atoms with Crippen LogP contribution in [0.1, 0.15) is 25.1 Å². The molecule has 0 radical (unpaired) electrons. The van der Waals surface area contributed by atoms with Crippen LogP contribution >= 0.6 is 7.52 Å². The third-order valence-electron chi connectivity index (χ3n) is 4.26. The topological polar surface area (TPSA) is 149 Å². The van der Waals surface area contributed by atoms with Crippen LogP contribution in [0.25, 0.3) is 0 Å². The van der Waals surface area contributed by atoms with E-state index < -0.39 is 67.6 Å². The van der Waals surface area contributed by atoms with Gasteiger partial charge in [0.2, 0.25) is 0 Å². The van der Waals surface area contributed by atoms with Gasteiger partial charge >= 0.3 is 17.8 Å². The molecule has 1 fully saturated rings. The van der Waals surface area contributed by atoms with E-state index in [1.54, 1.807) is 4.98 Å². The van der Waals surface area contributed by atoms with Gasteiger partial charge in [-0.05, 0) is 6.92 Å². The van der Waals surface area contributed by atoms with E-state index in [0.29, 0.717) is 10.8 Å². The number of aliphatic hydroxyl groups is 1. The Morgan fingerprint density at radius 1 is 1.50 bits per heavy atom. The van der Waals surface area contributed by atoms with Crippen molar-refractivity contribution in [3.05, 3.63) is 32.6 Å². The van der Waals surface area contributed by atoms with E-state index in [1.807, 2.05) is 0 Å². The summed E-state index contributed by atoms with van der Waals surface area (Å²) in [6.07, 6.45) is -8.69. The molecule has 1 aliphatic heterocycles. The van der Waals surface area contributed by atoms with Gasteiger partial charge in [-0.1, -0.05) is 0 Å². The van der Waals surface area contributed by atoms with Crippen molar-refractivity contribution in [1.29, 1.82) is 0 Å². The molecule has 30 heavy (non-hydrogen) atoms. The second kappa shape index (κ2) is 9.02. The molecule has 1 aromatic rings. The average Bonchev–Trinajstić information content (AvgIpc) is 2.98. The predicted octanol–water partition coefficient (Wildman–Crippen LogP) is 0.194. The maximum atomic E-state index is 12.9. The Morgan fingerprint density at radius 2 is 2.13 bits per heavy atom. The summed E-state index contributed by atoms with van der Waals surface area (Å²) in [5.41, 5.74) is -4.35. The van der Waals surface area contributed by atoms with Crippen molar-refractivity contribution in [1.82, 2.24) is 14.6 Å². The third kappa shape index (κ3) is 5.79. The SMILES string of the molecule is COC(=O)[C@H](C)NP(C)(=O)OC[C@H]1O[C@@H](n2cc(C(F)(F)F)c(=O)[nH]c2=O)C[C@H]1O. The molecule has 3 N–H and O–H groups in total. The van der Waals surface area contributed by atoms with Crippen LogP contribution in [0, 0.1) is 0 Å². The molecule has 0 spiro atoms. The second-order valence-electron chi connectivity index (χ2n) is 6.65. The fraction of sp³-hybridized carbons (Fsp3) is 0.667. The first-order valence-electron chi connectivity index (χ1n) is 8.59. The minimum Gasteiger partial charge on any atom is -0.468 e. The molecule has 1 aliphatic rings. The van der Waals surface area contributed by atoms with E-state index in [-0.39, 0.29) is 6.42 Å². The molecule has 0 bridgehead atoms. The summed E-state index contributed by atoms with van der Waals surface area (Å²) in [5, 5.41) is 12.5. The lowest BCUT2D eigenvalue weighted by Gasteiger charge is -2.22. The molecule has 1 unspecified atom stereocenters. The van der Waals surface area contributed by atoms with E-state index in [4.69, 9.17) is 9.26 Å². The summed E-state index contributed by atoms with van der Waals surface area (Å²) in [4.78, 5) is 36.2. The van der Waals surface area contributed by atoms with Crippen LogP contribution in [0.2, 0.25) is 0 Å². The second-order valence-corrected chi connectivity index (χ2v) is 8.86. The van der Waals surface area contributed by atoms with E-state index in [0.717, 1.165) is 7.11 Å². The molecule has 0 saturated carbocycles. The molecule has 2 heterocycles. The highest BCUT2D eigenvalue weighted by Crippen LogP contribution is 2.40. The molecular formula is C15H21F3N3O8P. The average molecular weight is 459 g/mol. The third-order valence-corrected chi connectivity index (χ3v) is 5.75. The summed E-state index contributed by atoms with van der Waals surface area (Å²) in [7, 11) is -2.39. The van der Waals surface area contributed by atoms with Crippen LogP contribution in [-0.4, -0.2) is 59.3 Å². The van der Waals surface area contributed by atoms with Gasteiger partial charge in [0.25, 0.3) is 13.1 Å². The number of ether oxygens (including phenoxy) is 2. The van der Waals surface area contributed by atoms with Gasteiger partial charge in [0.05, 0.1) is 19.8 Å². The number of alkyl halides is 3. The van der Waals surface area contributed by atoms with Gasteiger partial charge < -0.3 is 19.1 Å². The van der Waals surface area contributed by atoms with E-state index in [1.165, 1.54) is 13.6 Å². The fourth-order valence-corrected chi connectivity index (χ4v) is 4.09. The molecule has 2 rings (SSSR count). The Morgan fingerprint density at radius 3 is 2.70 bits per heavy atom. The van der Waals surface area contributed by atoms with Gasteiger partial charge in [0, 0.05) is 19.3 Å². The zero-order valence-electron chi connectivity index (χ0n) is 16.1. The highest BCUT2D eigenvalue weighted by Gasteiger charge is 2.40. The largest absolute Gasteiger partial charge is 0.468 e. The number of aromatic amines is 1. The van der Waals surface area contributed by atoms with Gasteiger partial charge in [-0.3, -0.25) is 23.7 Å². The number of aromatic nitrogens is 2. The van der Waals surface area contributed by atoms with Crippen LogP contribution in [0.4, 0.5) is 13.2 Å². The molecule has 0 aromatic carbocycles. The summed E-state index contributed by atoms with van der Waals surface area (Å²) < 4.78 is 66.7. The minimum absolute atomic E-state index is 0.280. The molecule has 0 amide bonds. The highest BCUT2D eigenvalue weighted by molar-refractivity contribution is 7.56. The van der Waals surface area contributed by atoms with Crippen LogP contribution in [-0.2, 0) is 29.5 Å². The summed E-state index contributed by atoms with van der Waals surface area (Å²) >= 11 is 0. The maximum Gasteiger partial charge on any atom is 0.423 e. The van der Waals surface area contributed by atoms with E-state index >= 15 is 0 Å². The van der Waals surface area contributed by atoms with Crippen molar-refractivity contribution in [2.75, 3.05) is 20.4 Å². The quantitative estimate of drug-likeness (QED) is 0.384. The Hall–Kier alpha value is -1.99. The number of nitrogens with zero attached hydrogens (tertiary/aromatic N) is 1. The van der Waals surface area contributed by atoms with Crippen molar-refractivity contribution in [3.8, 4) is 0 Å². The number of H-pyrrole nitrogens is 1. The normalized spacial score (nSPS) is 25.0. The molecule has 5 atom stereocenters. The Balaban J connectivity index is 2.10. The molecule has 0 aliphatic carbocycles. The van der Waals surface area contributed by atoms with Crippen molar-refractivity contribution in [3.63, 3.8) is 0 Å². The maximum absolute atomic E-state index is 12.9. The van der Waals surface area contributed by atoms with Gasteiger partial charge in [-0.25, -0.2) is 9.88 Å². The molecule has 11 nitrogen and oxygen atoms in total. The molecule has 1 aromatic heterocycles. The van der Waals surface area contributed by atoms with Gasteiger partial charge in [0.1, 0.15) is 23.9 Å². The number of hydrogen-bond acceptors (Lipinski definition) is 8. The number of aliphatic hydroxyl groups excluding tert-OH is 1. The number of halogens is 3. The van der Waals surface area contributed by atoms with Crippen LogP contribution < -0.4 is 16.3 Å². The summed E-state index contributed by atoms with van der Waals surface area (Å²) in [5.74, 6) is -0.684. The molecule has 170 valence electrons. The summed E-state index contributed by atoms with van der Waals surface area (Å²) in [6, 6.07) is -0.950. The monoisotopic (exact) mass is 459 g/mol. The van der Waals surface area contributed by atoms with Crippen molar-refractivity contribution in [2.24, 2.45) is 0 Å². The van der Waals surface area contributed by atoms with Crippen LogP contribution in [0.3, 0.4) is 0 Å². The van der Waals surface area contributed by atoms with E-state index in [2.05, 4.69) is 9.82 Å². The van der Waals surface area contributed by atoms with E-state index in [9.17, 15) is 37.2 Å². The number of carbonyl (C=O) groups excluding carboxylic acids is 1. The van der Waals surface area contributed by atoms with Gasteiger partial charge in [0.15, 0.2) is 0 Å². The zero-order valence-corrected chi connectivity index (χ0v) is 17.0. The van der Waals surface area contributed by atoms with Crippen LogP contribution in [0.5, 0.6) is 0 Å². The Bertz CT molecular complexity index is 946. The Kier molecular flexibility index (Phi) is 7.30. The fourth-order valence-electron chi connectivity index (χ4n) is 2.77. The lowest BCUT2D eigenvalue weighted by atomic mass is 10.2. The number of rotatable bonds is 7. The van der Waals surface area contributed by atoms with Gasteiger partial charge in [-0.2, -0.15) is 13.2 Å². The standard InChI is InChI=1S/C15H21F3N3O8P/c1-7(13(24)27-2)20-30(3,26)28-6-10-9(22)4-11(29-10)21-5-8(15(16,17)18)12(23)19-14(21)25/h5,7,9-11,22H,4,6H2,1-3H3,(H,20,26)(H,19,23,25)/t7-,9+,10+,11+,30?/m0/s1. The number of hydrogen-bond donors (Lipinski definition) is 3. The van der Waals surface area contributed by atoms with Crippen molar-refractivity contribution < 1.29 is 41.6 Å². The first kappa shape index (κ1) is 24.3. The number of nitrogens with one attached hydrogen (secondary N) is 2. The number of esters is 1. The van der Waals surface area contributed by atoms with Gasteiger partial charge in [-0.15, -0.1) is 0 Å². The molecular weight excluding hydrogens is 438 g/mol. The lowest BCUT2D eigenvalue weighted by Crippen LogP contribution is -2.36. The number of carbonyl (C=O) groups is 1. The lowest BCUT2D eigenvalue weighted by molar-refractivity contribution is -0.142. The Labute approximate surface area is 167 Å². The first-order chi connectivity index (χ1) is 13.7. The van der Waals surface area contributed by atoms with Crippen molar-refractivity contribution >= 4 is 13.5 Å². The zero-order chi connectivity index (χ0) is 22.9. The smallest absolute Gasteiger partial charge is 0.423 e. The highest BCUT2D eigenvalue weighted by atomic mass is 31.2. The predicted molar refractivity (Wildman–Crippen MR) is 95.0 cm³/mol.